The number of halogens is 3. The summed E-state index contributed by atoms with van der Waals surface area (Å²) in [5, 5.41) is 1.22. The fourth-order valence-electron chi connectivity index (χ4n) is 1.30. The van der Waals surface area contributed by atoms with Crippen molar-refractivity contribution in [1.29, 1.82) is 0 Å². The van der Waals surface area contributed by atoms with Gasteiger partial charge in [-0.05, 0) is 29.5 Å². The van der Waals surface area contributed by atoms with Gasteiger partial charge >= 0.3 is 0 Å². The van der Waals surface area contributed by atoms with E-state index < -0.39 is 0 Å². The summed E-state index contributed by atoms with van der Waals surface area (Å²) in [6.45, 7) is 6.65. The van der Waals surface area contributed by atoms with E-state index in [4.69, 9.17) is 23.2 Å². The first-order chi connectivity index (χ1) is 6.88. The molecule has 0 amide bonds. The summed E-state index contributed by atoms with van der Waals surface area (Å²) in [6.07, 6.45) is 1.10. The van der Waals surface area contributed by atoms with Crippen LogP contribution in [0.2, 0.25) is 10.0 Å². The maximum absolute atomic E-state index is 6.00. The number of hydrogen-bond donors (Lipinski definition) is 0. The summed E-state index contributed by atoms with van der Waals surface area (Å²) >= 11 is 15.6. The van der Waals surface area contributed by atoms with E-state index in [1.807, 2.05) is 18.2 Å². The highest BCUT2D eigenvalue weighted by atomic mass is 79.9. The van der Waals surface area contributed by atoms with Crippen molar-refractivity contribution in [2.45, 2.75) is 32.0 Å². The van der Waals surface area contributed by atoms with Gasteiger partial charge in [0.2, 0.25) is 0 Å². The van der Waals surface area contributed by atoms with E-state index >= 15 is 0 Å². The van der Waals surface area contributed by atoms with Crippen molar-refractivity contribution in [2.24, 2.45) is 5.41 Å². The molecule has 0 saturated carbocycles. The van der Waals surface area contributed by atoms with Crippen LogP contribution in [-0.2, 0) is 0 Å². The molecule has 0 spiro atoms. The fraction of sp³-hybridized carbons (Fsp3) is 0.500. The Morgan fingerprint density at radius 3 is 2.33 bits per heavy atom. The third-order valence-corrected chi connectivity index (χ3v) is 5.34. The molecular formula is C12H15BrCl2. The molecule has 0 bridgehead atoms. The zero-order chi connectivity index (χ0) is 11.6. The van der Waals surface area contributed by atoms with Crippen molar-refractivity contribution in [3.05, 3.63) is 33.8 Å². The van der Waals surface area contributed by atoms with Crippen molar-refractivity contribution in [3.63, 3.8) is 0 Å². The molecule has 0 aliphatic rings. The van der Waals surface area contributed by atoms with Crippen LogP contribution in [0.3, 0.4) is 0 Å². The van der Waals surface area contributed by atoms with Gasteiger partial charge in [-0.15, -0.1) is 0 Å². The lowest BCUT2D eigenvalue weighted by atomic mass is 9.83. The van der Waals surface area contributed by atoms with E-state index in [0.29, 0.717) is 14.9 Å². The van der Waals surface area contributed by atoms with Gasteiger partial charge < -0.3 is 0 Å². The Morgan fingerprint density at radius 1 is 1.27 bits per heavy atom. The average Bonchev–Trinajstić information content (AvgIpc) is 2.21. The number of benzene rings is 1. The Bertz CT molecular complexity index is 347. The summed E-state index contributed by atoms with van der Waals surface area (Å²) in [6, 6.07) is 5.80. The van der Waals surface area contributed by atoms with E-state index in [-0.39, 0.29) is 5.41 Å². The second-order valence-electron chi connectivity index (χ2n) is 4.38. The molecule has 1 aromatic rings. The molecule has 0 radical (unpaired) electrons. The smallest absolute Gasteiger partial charge is 0.0595 e. The first-order valence-electron chi connectivity index (χ1n) is 4.97. The molecule has 1 rings (SSSR count). The summed E-state index contributed by atoms with van der Waals surface area (Å²) < 4.78 is 0. The molecule has 0 N–H and O–H groups in total. The third kappa shape index (κ3) is 3.12. The lowest BCUT2D eigenvalue weighted by molar-refractivity contribution is 0.346. The Labute approximate surface area is 110 Å². The second-order valence-corrected chi connectivity index (χ2v) is 6.11. The zero-order valence-electron chi connectivity index (χ0n) is 9.15. The highest BCUT2D eigenvalue weighted by Gasteiger charge is 2.26. The van der Waals surface area contributed by atoms with E-state index in [0.717, 1.165) is 6.42 Å². The molecule has 1 aromatic carbocycles. The Kier molecular flexibility index (Phi) is 4.51. The number of alkyl halides is 1. The standard InChI is InChI=1S/C12H15BrCl2/c1-4-12(2,3)11(13)8-5-6-9(14)10(15)7-8/h5-7,11H,4H2,1-3H3. The molecule has 0 aromatic heterocycles. The predicted octanol–water partition coefficient (Wildman–Crippen LogP) is 5.87. The van der Waals surface area contributed by atoms with Crippen molar-refractivity contribution in [1.82, 2.24) is 0 Å². The molecule has 1 atom stereocenters. The van der Waals surface area contributed by atoms with Gasteiger partial charge in [-0.3, -0.25) is 0 Å². The third-order valence-electron chi connectivity index (χ3n) is 2.83. The van der Waals surface area contributed by atoms with Crippen LogP contribution in [0.15, 0.2) is 18.2 Å². The molecule has 0 aliphatic heterocycles. The van der Waals surface area contributed by atoms with Crippen LogP contribution in [-0.4, -0.2) is 0 Å². The van der Waals surface area contributed by atoms with Gasteiger partial charge in [-0.2, -0.15) is 0 Å². The van der Waals surface area contributed by atoms with E-state index in [9.17, 15) is 0 Å². The quantitative estimate of drug-likeness (QED) is 0.613. The Morgan fingerprint density at radius 2 is 1.87 bits per heavy atom. The average molecular weight is 310 g/mol. The number of hydrogen-bond acceptors (Lipinski definition) is 0. The lowest BCUT2D eigenvalue weighted by Crippen LogP contribution is -2.16. The zero-order valence-corrected chi connectivity index (χ0v) is 12.2. The van der Waals surface area contributed by atoms with Crippen LogP contribution in [0, 0.1) is 5.41 Å². The predicted molar refractivity (Wildman–Crippen MR) is 72.2 cm³/mol. The molecule has 0 nitrogen and oxygen atoms in total. The minimum absolute atomic E-state index is 0.206. The molecule has 1 unspecified atom stereocenters. The molecule has 0 heterocycles. The van der Waals surface area contributed by atoms with Crippen LogP contribution in [0.5, 0.6) is 0 Å². The van der Waals surface area contributed by atoms with E-state index in [1.165, 1.54) is 5.56 Å². The monoisotopic (exact) mass is 308 g/mol. The molecule has 0 fully saturated rings. The van der Waals surface area contributed by atoms with Crippen LogP contribution in [0.4, 0.5) is 0 Å². The van der Waals surface area contributed by atoms with Gasteiger partial charge in [-0.1, -0.05) is 66.0 Å². The molecule has 0 aliphatic carbocycles. The first-order valence-corrected chi connectivity index (χ1v) is 6.64. The summed E-state index contributed by atoms with van der Waals surface area (Å²) in [5.41, 5.74) is 1.38. The van der Waals surface area contributed by atoms with Gasteiger partial charge in [0, 0.05) is 4.83 Å². The van der Waals surface area contributed by atoms with Crippen LogP contribution < -0.4 is 0 Å². The second kappa shape index (κ2) is 5.07. The minimum Gasteiger partial charge on any atom is -0.0833 e. The molecule has 15 heavy (non-hydrogen) atoms. The van der Waals surface area contributed by atoms with Gasteiger partial charge in [0.1, 0.15) is 0 Å². The molecular weight excluding hydrogens is 295 g/mol. The molecule has 0 saturated heterocycles. The largest absolute Gasteiger partial charge is 0.0833 e. The number of rotatable bonds is 3. The molecule has 3 heteroatoms. The minimum atomic E-state index is 0.206. The van der Waals surface area contributed by atoms with Crippen molar-refractivity contribution in [3.8, 4) is 0 Å². The van der Waals surface area contributed by atoms with Gasteiger partial charge in [0.25, 0.3) is 0 Å². The van der Waals surface area contributed by atoms with Crippen molar-refractivity contribution < 1.29 is 0 Å². The first kappa shape index (κ1) is 13.3. The van der Waals surface area contributed by atoms with E-state index in [1.54, 1.807) is 0 Å². The highest BCUT2D eigenvalue weighted by Crippen LogP contribution is 2.43. The SMILES string of the molecule is CCC(C)(C)C(Br)c1ccc(Cl)c(Cl)c1. The summed E-state index contributed by atoms with van der Waals surface area (Å²) in [4.78, 5) is 0.296. The lowest BCUT2D eigenvalue weighted by Gasteiger charge is -2.29. The maximum Gasteiger partial charge on any atom is 0.0595 e. The van der Waals surface area contributed by atoms with E-state index in [2.05, 4.69) is 36.7 Å². The van der Waals surface area contributed by atoms with Crippen LogP contribution in [0.1, 0.15) is 37.6 Å². The van der Waals surface area contributed by atoms with Crippen LogP contribution >= 0.6 is 39.1 Å². The fourth-order valence-corrected chi connectivity index (χ4v) is 2.22. The maximum atomic E-state index is 6.00. The van der Waals surface area contributed by atoms with Crippen molar-refractivity contribution in [2.75, 3.05) is 0 Å². The highest BCUT2D eigenvalue weighted by molar-refractivity contribution is 9.09. The van der Waals surface area contributed by atoms with Crippen molar-refractivity contribution >= 4 is 39.1 Å². The van der Waals surface area contributed by atoms with Gasteiger partial charge in [0.15, 0.2) is 0 Å². The topological polar surface area (TPSA) is 0 Å². The van der Waals surface area contributed by atoms with Crippen LogP contribution in [0.25, 0.3) is 0 Å². The summed E-state index contributed by atoms with van der Waals surface area (Å²) in [5.74, 6) is 0. The Balaban J connectivity index is 3.02. The van der Waals surface area contributed by atoms with Gasteiger partial charge in [0.05, 0.1) is 10.0 Å². The van der Waals surface area contributed by atoms with Gasteiger partial charge in [-0.25, -0.2) is 0 Å². The molecule has 84 valence electrons. The summed E-state index contributed by atoms with van der Waals surface area (Å²) in [7, 11) is 0. The Hall–Kier alpha value is 0.280. The normalized spacial score (nSPS) is 14.0.